The number of aryl methyl sites for hydroxylation is 1. The molecule has 0 radical (unpaired) electrons. The summed E-state index contributed by atoms with van der Waals surface area (Å²) in [5.74, 6) is 0.665. The smallest absolute Gasteiger partial charge is 0.148 e. The first kappa shape index (κ1) is 12.8. The van der Waals surface area contributed by atoms with Gasteiger partial charge in [0, 0.05) is 28.4 Å². The summed E-state index contributed by atoms with van der Waals surface area (Å²) < 4.78 is 0. The quantitative estimate of drug-likeness (QED) is 0.748. The summed E-state index contributed by atoms with van der Waals surface area (Å²) in [6.45, 7) is 5.80. The molecule has 0 aliphatic heterocycles. The molecule has 4 heteroatoms. The number of nitrogens with one attached hydrogen (secondary N) is 1. The number of fused-ring (bicyclic) bond motifs is 1. The molecule has 0 saturated heterocycles. The van der Waals surface area contributed by atoms with E-state index in [-0.39, 0.29) is 0 Å². The molecule has 102 valence electrons. The van der Waals surface area contributed by atoms with E-state index in [1.165, 1.54) is 0 Å². The van der Waals surface area contributed by atoms with Gasteiger partial charge in [-0.15, -0.1) is 0 Å². The third kappa shape index (κ3) is 2.18. The van der Waals surface area contributed by atoms with Gasteiger partial charge in [-0.2, -0.15) is 0 Å². The van der Waals surface area contributed by atoms with Crippen molar-refractivity contribution >= 4 is 10.9 Å². The van der Waals surface area contributed by atoms with Gasteiger partial charge in [0.2, 0.25) is 0 Å². The van der Waals surface area contributed by atoms with Crippen LogP contribution in [-0.2, 0) is 5.54 Å². The minimum Gasteiger partial charge on any atom is -0.360 e. The first-order valence-corrected chi connectivity index (χ1v) is 6.67. The summed E-state index contributed by atoms with van der Waals surface area (Å²) in [6.07, 6.45) is 1.99. The number of benzene rings is 1. The standard InChI is InChI=1S/C16H18N4/c1-10-8-14(20-15(19-10)16(2,3)17)12-9-18-13-7-5-4-6-11(12)13/h4-9,18H,17H2,1-3H3. The molecule has 0 unspecified atom stereocenters. The normalized spacial score (nSPS) is 12.0. The molecular weight excluding hydrogens is 248 g/mol. The lowest BCUT2D eigenvalue weighted by Crippen LogP contribution is -2.31. The van der Waals surface area contributed by atoms with Crippen LogP contribution in [0.5, 0.6) is 0 Å². The molecule has 0 bridgehead atoms. The van der Waals surface area contributed by atoms with E-state index in [0.717, 1.165) is 27.9 Å². The van der Waals surface area contributed by atoms with Gasteiger partial charge in [-0.05, 0) is 32.9 Å². The predicted molar refractivity (Wildman–Crippen MR) is 81.3 cm³/mol. The molecule has 20 heavy (non-hydrogen) atoms. The molecule has 2 heterocycles. The fourth-order valence-electron chi connectivity index (χ4n) is 2.28. The molecule has 0 fully saturated rings. The maximum atomic E-state index is 6.13. The summed E-state index contributed by atoms with van der Waals surface area (Å²) in [4.78, 5) is 12.4. The average Bonchev–Trinajstić information content (AvgIpc) is 2.80. The highest BCUT2D eigenvalue weighted by atomic mass is 15.0. The van der Waals surface area contributed by atoms with E-state index in [0.29, 0.717) is 5.82 Å². The van der Waals surface area contributed by atoms with Gasteiger partial charge in [0.25, 0.3) is 0 Å². The van der Waals surface area contributed by atoms with Gasteiger partial charge in [-0.3, -0.25) is 0 Å². The van der Waals surface area contributed by atoms with Gasteiger partial charge in [0.05, 0.1) is 11.2 Å². The molecule has 0 spiro atoms. The van der Waals surface area contributed by atoms with Crippen LogP contribution >= 0.6 is 0 Å². The number of aromatic nitrogens is 3. The maximum absolute atomic E-state index is 6.13. The largest absolute Gasteiger partial charge is 0.360 e. The van der Waals surface area contributed by atoms with E-state index in [9.17, 15) is 0 Å². The highest BCUT2D eigenvalue weighted by Gasteiger charge is 2.20. The lowest BCUT2D eigenvalue weighted by molar-refractivity contribution is 0.513. The Hall–Kier alpha value is -2.20. The highest BCUT2D eigenvalue weighted by Crippen LogP contribution is 2.28. The van der Waals surface area contributed by atoms with E-state index in [2.05, 4.69) is 27.1 Å². The SMILES string of the molecule is Cc1cc(-c2c[nH]c3ccccc23)nc(C(C)(C)N)n1. The fraction of sp³-hybridized carbons (Fsp3) is 0.250. The molecule has 3 N–H and O–H groups in total. The van der Waals surface area contributed by atoms with E-state index >= 15 is 0 Å². The van der Waals surface area contributed by atoms with Gasteiger partial charge in [0.15, 0.2) is 0 Å². The first-order chi connectivity index (χ1) is 9.45. The maximum Gasteiger partial charge on any atom is 0.148 e. The lowest BCUT2D eigenvalue weighted by atomic mass is 10.0. The second-order valence-corrected chi connectivity index (χ2v) is 5.69. The van der Waals surface area contributed by atoms with Crippen molar-refractivity contribution in [1.29, 1.82) is 0 Å². The minimum absolute atomic E-state index is 0.549. The first-order valence-electron chi connectivity index (χ1n) is 6.67. The molecule has 3 aromatic rings. The number of hydrogen-bond donors (Lipinski definition) is 2. The Morgan fingerprint density at radius 1 is 1.15 bits per heavy atom. The van der Waals surface area contributed by atoms with Crippen LogP contribution in [0.2, 0.25) is 0 Å². The van der Waals surface area contributed by atoms with Crippen molar-refractivity contribution in [3.63, 3.8) is 0 Å². The number of nitrogens with zero attached hydrogens (tertiary/aromatic N) is 2. The zero-order valence-electron chi connectivity index (χ0n) is 11.9. The number of rotatable bonds is 2. The number of aromatic amines is 1. The van der Waals surface area contributed by atoms with Crippen molar-refractivity contribution in [1.82, 2.24) is 15.0 Å². The number of nitrogens with two attached hydrogens (primary N) is 1. The molecule has 0 atom stereocenters. The molecule has 4 nitrogen and oxygen atoms in total. The summed E-state index contributed by atoms with van der Waals surface area (Å²) in [6, 6.07) is 10.2. The Kier molecular flexibility index (Phi) is 2.83. The van der Waals surface area contributed by atoms with Crippen LogP contribution in [0.15, 0.2) is 36.5 Å². The van der Waals surface area contributed by atoms with Crippen LogP contribution in [0.3, 0.4) is 0 Å². The monoisotopic (exact) mass is 266 g/mol. The second kappa shape index (κ2) is 4.42. The van der Waals surface area contributed by atoms with Crippen molar-refractivity contribution in [2.75, 3.05) is 0 Å². The Morgan fingerprint density at radius 3 is 2.65 bits per heavy atom. The number of hydrogen-bond acceptors (Lipinski definition) is 3. The third-order valence-corrected chi connectivity index (χ3v) is 3.30. The van der Waals surface area contributed by atoms with Crippen molar-refractivity contribution in [3.05, 3.63) is 48.0 Å². The van der Waals surface area contributed by atoms with E-state index in [1.807, 2.05) is 45.2 Å². The van der Waals surface area contributed by atoms with E-state index in [1.54, 1.807) is 0 Å². The molecule has 2 aromatic heterocycles. The lowest BCUT2D eigenvalue weighted by Gasteiger charge is -2.18. The molecule has 0 aliphatic carbocycles. The predicted octanol–water partition coefficient (Wildman–Crippen LogP) is 3.13. The molecular formula is C16H18N4. The third-order valence-electron chi connectivity index (χ3n) is 3.30. The zero-order chi connectivity index (χ0) is 14.3. The summed E-state index contributed by atoms with van der Waals surface area (Å²) in [5, 5.41) is 1.16. The summed E-state index contributed by atoms with van der Waals surface area (Å²) in [7, 11) is 0. The number of para-hydroxylation sites is 1. The molecule has 0 amide bonds. The summed E-state index contributed by atoms with van der Waals surface area (Å²) in [5.41, 5.74) is 9.59. The van der Waals surface area contributed by atoms with Gasteiger partial charge in [0.1, 0.15) is 5.82 Å². The molecule has 3 rings (SSSR count). The molecule has 0 saturated carbocycles. The Morgan fingerprint density at radius 2 is 1.90 bits per heavy atom. The van der Waals surface area contributed by atoms with Crippen molar-refractivity contribution in [3.8, 4) is 11.3 Å². The Balaban J connectivity index is 2.22. The van der Waals surface area contributed by atoms with E-state index in [4.69, 9.17) is 5.73 Å². The van der Waals surface area contributed by atoms with Crippen LogP contribution in [0.1, 0.15) is 25.4 Å². The van der Waals surface area contributed by atoms with Crippen molar-refractivity contribution in [2.24, 2.45) is 5.73 Å². The van der Waals surface area contributed by atoms with E-state index < -0.39 is 5.54 Å². The van der Waals surface area contributed by atoms with Gasteiger partial charge in [-0.25, -0.2) is 9.97 Å². The van der Waals surface area contributed by atoms with Crippen LogP contribution in [0.4, 0.5) is 0 Å². The van der Waals surface area contributed by atoms with Crippen LogP contribution < -0.4 is 5.73 Å². The van der Waals surface area contributed by atoms with Gasteiger partial charge >= 0.3 is 0 Å². The Bertz CT molecular complexity index is 765. The summed E-state index contributed by atoms with van der Waals surface area (Å²) >= 11 is 0. The second-order valence-electron chi connectivity index (χ2n) is 5.69. The zero-order valence-corrected chi connectivity index (χ0v) is 11.9. The van der Waals surface area contributed by atoms with Crippen LogP contribution in [-0.4, -0.2) is 15.0 Å². The number of H-pyrrole nitrogens is 1. The highest BCUT2D eigenvalue weighted by molar-refractivity contribution is 5.94. The average molecular weight is 266 g/mol. The minimum atomic E-state index is -0.549. The van der Waals surface area contributed by atoms with Crippen LogP contribution in [0.25, 0.3) is 22.2 Å². The molecule has 1 aromatic carbocycles. The fourth-order valence-corrected chi connectivity index (χ4v) is 2.28. The Labute approximate surface area is 118 Å². The van der Waals surface area contributed by atoms with Crippen LogP contribution in [0, 0.1) is 6.92 Å². The van der Waals surface area contributed by atoms with Crippen molar-refractivity contribution in [2.45, 2.75) is 26.3 Å². The molecule has 0 aliphatic rings. The van der Waals surface area contributed by atoms with Crippen molar-refractivity contribution < 1.29 is 0 Å². The van der Waals surface area contributed by atoms with Gasteiger partial charge in [-0.1, -0.05) is 18.2 Å². The van der Waals surface area contributed by atoms with Gasteiger partial charge < -0.3 is 10.7 Å². The topological polar surface area (TPSA) is 67.6 Å².